The highest BCUT2D eigenvalue weighted by Gasteiger charge is 2.19. The summed E-state index contributed by atoms with van der Waals surface area (Å²) in [5.74, 6) is -1.31. The first-order valence-corrected chi connectivity index (χ1v) is 12.7. The van der Waals surface area contributed by atoms with Crippen LogP contribution in [0.25, 0.3) is 0 Å². The molecule has 0 spiro atoms. The van der Waals surface area contributed by atoms with Gasteiger partial charge >= 0.3 is 11.9 Å². The zero-order chi connectivity index (χ0) is 26.9. The number of esters is 1. The first-order chi connectivity index (χ1) is 18.4. The lowest BCUT2D eigenvalue weighted by molar-refractivity contribution is -0.138. The zero-order valence-electron chi connectivity index (χ0n) is 21.9. The Bertz CT molecular complexity index is 1250. The topological polar surface area (TPSA) is 112 Å². The van der Waals surface area contributed by atoms with Crippen molar-refractivity contribution in [2.24, 2.45) is 0 Å². The third-order valence-electron chi connectivity index (χ3n) is 6.38. The van der Waals surface area contributed by atoms with Crippen LogP contribution >= 0.6 is 0 Å². The third-order valence-corrected chi connectivity index (χ3v) is 6.38. The Morgan fingerprint density at radius 2 is 1.37 bits per heavy atom. The second-order valence-corrected chi connectivity index (χ2v) is 9.49. The molecule has 38 heavy (non-hydrogen) atoms. The number of hydrogen-bond acceptors (Lipinski definition) is 9. The van der Waals surface area contributed by atoms with Crippen LogP contribution in [0, 0.1) is 6.92 Å². The first kappa shape index (κ1) is 27.3. The zero-order valence-corrected chi connectivity index (χ0v) is 21.9. The molecule has 10 heteroatoms. The van der Waals surface area contributed by atoms with Gasteiger partial charge in [0.2, 0.25) is 0 Å². The molecule has 2 bridgehead atoms. The fourth-order valence-corrected chi connectivity index (χ4v) is 4.55. The number of ether oxygens (including phenoxy) is 1. The van der Waals surface area contributed by atoms with E-state index in [9.17, 15) is 14.7 Å². The van der Waals surface area contributed by atoms with Gasteiger partial charge in [0, 0.05) is 58.1 Å². The quantitative estimate of drug-likeness (QED) is 0.468. The normalized spacial score (nSPS) is 15.8. The second kappa shape index (κ2) is 13.2. The molecule has 0 aromatic carbocycles. The molecule has 4 heterocycles. The van der Waals surface area contributed by atoms with E-state index in [2.05, 4.69) is 19.8 Å². The number of rotatable bonds is 7. The van der Waals surface area contributed by atoms with Crippen molar-refractivity contribution in [1.82, 2.24) is 29.7 Å². The number of pyridine rings is 3. The van der Waals surface area contributed by atoms with E-state index in [0.29, 0.717) is 39.3 Å². The minimum Gasteiger partial charge on any atom is -0.480 e. The highest BCUT2D eigenvalue weighted by atomic mass is 16.5. The summed E-state index contributed by atoms with van der Waals surface area (Å²) in [6.45, 7) is 6.93. The molecule has 3 aromatic heterocycles. The van der Waals surface area contributed by atoms with E-state index in [1.807, 2.05) is 60.4 Å². The minimum atomic E-state index is -0.854. The summed E-state index contributed by atoms with van der Waals surface area (Å²) >= 11 is 0. The molecule has 1 N–H and O–H groups in total. The molecule has 0 fully saturated rings. The fourth-order valence-electron chi connectivity index (χ4n) is 4.55. The van der Waals surface area contributed by atoms with Crippen LogP contribution in [0.4, 0.5) is 0 Å². The number of aryl methyl sites for hydroxylation is 1. The maximum Gasteiger partial charge on any atom is 0.356 e. The number of methoxy groups -OCH3 is 1. The molecule has 0 aliphatic carbocycles. The van der Waals surface area contributed by atoms with Gasteiger partial charge in [-0.3, -0.25) is 29.5 Å². The number of carboxylic acid groups (broad SMARTS) is 1. The second-order valence-electron chi connectivity index (χ2n) is 9.49. The Kier molecular flexibility index (Phi) is 9.47. The van der Waals surface area contributed by atoms with Crippen LogP contribution in [-0.2, 0) is 35.7 Å². The van der Waals surface area contributed by atoms with Crippen LogP contribution in [0.3, 0.4) is 0 Å². The van der Waals surface area contributed by atoms with Crippen molar-refractivity contribution in [3.63, 3.8) is 0 Å². The average Bonchev–Trinajstić information content (AvgIpc) is 2.89. The minimum absolute atomic E-state index is 0.0449. The van der Waals surface area contributed by atoms with Gasteiger partial charge in [0.25, 0.3) is 0 Å². The lowest BCUT2D eigenvalue weighted by Crippen LogP contribution is -2.41. The summed E-state index contributed by atoms with van der Waals surface area (Å²) < 4.78 is 4.84. The predicted octanol–water partition coefficient (Wildman–Crippen LogP) is 2.37. The molecule has 0 saturated heterocycles. The standard InChI is InChI=1S/C28H34N6O4/c1-21-6-3-7-22(29-21)16-32-12-14-33(19-25-10-5-11-26(31-25)28(37)38-2)17-23-8-4-9-24(30-23)18-34(15-13-32)20-27(35)36/h3-11H,12-20H2,1-2H3,(H,35,36). The van der Waals surface area contributed by atoms with Crippen molar-refractivity contribution in [1.29, 1.82) is 0 Å². The number of carbonyl (C=O) groups is 2. The highest BCUT2D eigenvalue weighted by Crippen LogP contribution is 2.13. The number of nitrogens with zero attached hydrogens (tertiary/aromatic N) is 6. The average molecular weight is 519 g/mol. The maximum atomic E-state index is 12.0. The van der Waals surface area contributed by atoms with Gasteiger partial charge in [-0.1, -0.05) is 18.2 Å². The van der Waals surface area contributed by atoms with Crippen LogP contribution in [0.2, 0.25) is 0 Å². The van der Waals surface area contributed by atoms with Gasteiger partial charge in [0.05, 0.1) is 36.4 Å². The molecule has 0 saturated carbocycles. The van der Waals surface area contributed by atoms with Crippen molar-refractivity contribution in [2.75, 3.05) is 39.8 Å². The van der Waals surface area contributed by atoms with E-state index >= 15 is 0 Å². The summed E-state index contributed by atoms with van der Waals surface area (Å²) in [6.07, 6.45) is 0. The van der Waals surface area contributed by atoms with Crippen molar-refractivity contribution < 1.29 is 19.4 Å². The third kappa shape index (κ3) is 8.14. The Morgan fingerprint density at radius 1 is 0.789 bits per heavy atom. The van der Waals surface area contributed by atoms with Gasteiger partial charge in [0.15, 0.2) is 0 Å². The van der Waals surface area contributed by atoms with E-state index in [1.165, 1.54) is 7.11 Å². The highest BCUT2D eigenvalue weighted by molar-refractivity contribution is 5.87. The van der Waals surface area contributed by atoms with E-state index in [1.54, 1.807) is 6.07 Å². The van der Waals surface area contributed by atoms with Crippen LogP contribution < -0.4 is 0 Å². The molecular weight excluding hydrogens is 484 g/mol. The predicted molar refractivity (Wildman–Crippen MR) is 141 cm³/mol. The molecule has 0 radical (unpaired) electrons. The van der Waals surface area contributed by atoms with Crippen LogP contribution in [0.1, 0.15) is 39.0 Å². The lowest BCUT2D eigenvalue weighted by atomic mass is 10.2. The monoisotopic (exact) mass is 518 g/mol. The number of carboxylic acids is 1. The summed E-state index contributed by atoms with van der Waals surface area (Å²) in [7, 11) is 1.35. The molecule has 0 atom stereocenters. The maximum absolute atomic E-state index is 12.0. The number of hydrogen-bond donors (Lipinski definition) is 1. The molecule has 10 nitrogen and oxygen atoms in total. The molecule has 1 aliphatic rings. The Balaban J connectivity index is 1.59. The van der Waals surface area contributed by atoms with Crippen LogP contribution in [0.5, 0.6) is 0 Å². The largest absolute Gasteiger partial charge is 0.480 e. The number of carbonyl (C=O) groups excluding carboxylic acids is 1. The SMILES string of the molecule is COC(=O)c1cccc(CN2CCN(Cc3cccc(C)n3)CCN(CC(=O)O)Cc3cccc(n3)C2)n1. The van der Waals surface area contributed by atoms with Crippen molar-refractivity contribution in [2.45, 2.75) is 33.1 Å². The van der Waals surface area contributed by atoms with Crippen molar-refractivity contribution >= 4 is 11.9 Å². The van der Waals surface area contributed by atoms with E-state index in [4.69, 9.17) is 9.72 Å². The molecule has 0 unspecified atom stereocenters. The first-order valence-electron chi connectivity index (χ1n) is 12.7. The molecule has 4 rings (SSSR count). The fraction of sp³-hybridized carbons (Fsp3) is 0.393. The number of aromatic nitrogens is 3. The summed E-state index contributed by atoms with van der Waals surface area (Å²) in [4.78, 5) is 44.1. The van der Waals surface area contributed by atoms with Crippen molar-refractivity contribution in [3.05, 3.63) is 88.8 Å². The van der Waals surface area contributed by atoms with E-state index < -0.39 is 11.9 Å². The van der Waals surface area contributed by atoms with Gasteiger partial charge in [0.1, 0.15) is 5.69 Å². The lowest BCUT2D eigenvalue weighted by Gasteiger charge is -2.30. The Hall–Kier alpha value is -3.73. The smallest absolute Gasteiger partial charge is 0.356 e. The summed E-state index contributed by atoms with van der Waals surface area (Å²) in [5.41, 5.74) is 4.73. The summed E-state index contributed by atoms with van der Waals surface area (Å²) in [6, 6.07) is 17.3. The molecule has 200 valence electrons. The Morgan fingerprint density at radius 3 is 2.05 bits per heavy atom. The van der Waals surface area contributed by atoms with Gasteiger partial charge < -0.3 is 9.84 Å². The van der Waals surface area contributed by atoms with E-state index in [0.717, 1.165) is 41.6 Å². The molecule has 0 amide bonds. The number of fused-ring (bicyclic) bond motifs is 2. The molecule has 1 aliphatic heterocycles. The van der Waals surface area contributed by atoms with Crippen LogP contribution in [0.15, 0.2) is 54.6 Å². The van der Waals surface area contributed by atoms with Gasteiger partial charge in [-0.25, -0.2) is 9.78 Å². The number of aliphatic carboxylic acids is 1. The van der Waals surface area contributed by atoms with Gasteiger partial charge in [-0.05, 0) is 43.3 Å². The summed E-state index contributed by atoms with van der Waals surface area (Å²) in [5, 5.41) is 9.48. The van der Waals surface area contributed by atoms with Gasteiger partial charge in [-0.15, -0.1) is 0 Å². The van der Waals surface area contributed by atoms with Gasteiger partial charge in [-0.2, -0.15) is 0 Å². The van der Waals surface area contributed by atoms with Crippen molar-refractivity contribution in [3.8, 4) is 0 Å². The molecular formula is C28H34N6O4. The Labute approximate surface area is 222 Å². The van der Waals surface area contributed by atoms with E-state index in [-0.39, 0.29) is 12.2 Å². The molecule has 3 aromatic rings. The van der Waals surface area contributed by atoms with Crippen LogP contribution in [-0.4, -0.2) is 86.5 Å².